The quantitative estimate of drug-likeness (QED) is 0.623. The third-order valence-electron chi connectivity index (χ3n) is 3.33. The average molecular weight is 327 g/mol. The van der Waals surface area contributed by atoms with E-state index in [2.05, 4.69) is 5.32 Å². The molecule has 0 aliphatic rings. The molecule has 24 heavy (non-hydrogen) atoms. The van der Waals surface area contributed by atoms with Crippen LogP contribution in [-0.2, 0) is 4.79 Å². The van der Waals surface area contributed by atoms with E-state index in [1.807, 2.05) is 20.8 Å². The number of Topliss-reactive ketones (excluding diaryl/α,β-unsaturated/α-hetero) is 1. The minimum Gasteiger partial charge on any atom is -0.494 e. The van der Waals surface area contributed by atoms with E-state index in [9.17, 15) is 9.59 Å². The van der Waals surface area contributed by atoms with Crippen LogP contribution in [0.25, 0.3) is 0 Å². The van der Waals surface area contributed by atoms with E-state index >= 15 is 0 Å². The lowest BCUT2D eigenvalue weighted by atomic mass is 10.1. The minimum atomic E-state index is -0.714. The lowest BCUT2D eigenvalue weighted by Gasteiger charge is -2.13. The fourth-order valence-corrected chi connectivity index (χ4v) is 2.16. The number of carbonyl (C=O) groups excluding carboxylic acids is 2. The van der Waals surface area contributed by atoms with Gasteiger partial charge >= 0.3 is 0 Å². The van der Waals surface area contributed by atoms with Crippen LogP contribution in [0.4, 0.5) is 5.69 Å². The second kappa shape index (κ2) is 8.15. The van der Waals surface area contributed by atoms with Crippen molar-refractivity contribution in [1.82, 2.24) is 0 Å². The van der Waals surface area contributed by atoms with Gasteiger partial charge in [-0.1, -0.05) is 29.8 Å². The first-order valence-corrected chi connectivity index (χ1v) is 7.87. The summed E-state index contributed by atoms with van der Waals surface area (Å²) < 4.78 is 10.9. The van der Waals surface area contributed by atoms with E-state index in [1.165, 1.54) is 0 Å². The van der Waals surface area contributed by atoms with Gasteiger partial charge in [-0.25, -0.2) is 0 Å². The smallest absolute Gasteiger partial charge is 0.296 e. The molecule has 0 fully saturated rings. The Kier molecular flexibility index (Phi) is 5.95. The van der Waals surface area contributed by atoms with Gasteiger partial charge in [0.2, 0.25) is 0 Å². The molecule has 0 bridgehead atoms. The van der Waals surface area contributed by atoms with Crippen LogP contribution >= 0.6 is 0 Å². The largest absolute Gasteiger partial charge is 0.494 e. The Hall–Kier alpha value is -2.82. The molecule has 2 rings (SSSR count). The normalized spacial score (nSPS) is 10.1. The summed E-state index contributed by atoms with van der Waals surface area (Å²) in [5.41, 5.74) is 1.78. The molecule has 0 heterocycles. The minimum absolute atomic E-state index is 0.344. The van der Waals surface area contributed by atoms with Crippen molar-refractivity contribution in [2.45, 2.75) is 20.8 Å². The second-order valence-corrected chi connectivity index (χ2v) is 5.17. The molecule has 5 nitrogen and oxygen atoms in total. The highest BCUT2D eigenvalue weighted by molar-refractivity contribution is 6.46. The van der Waals surface area contributed by atoms with Gasteiger partial charge in [-0.2, -0.15) is 0 Å². The maximum absolute atomic E-state index is 12.3. The number of rotatable bonds is 7. The SMILES string of the molecule is CCOc1ccc(OCC)c(NC(=O)C(=O)c2ccc(C)cc2)c1. The number of nitrogens with one attached hydrogen (secondary N) is 1. The molecule has 0 atom stereocenters. The van der Waals surface area contributed by atoms with Crippen molar-refractivity contribution in [2.75, 3.05) is 18.5 Å². The molecule has 2 aromatic rings. The first-order valence-electron chi connectivity index (χ1n) is 7.87. The zero-order valence-electron chi connectivity index (χ0n) is 14.1. The van der Waals surface area contributed by atoms with Gasteiger partial charge in [0, 0.05) is 11.6 Å². The zero-order valence-corrected chi connectivity index (χ0v) is 14.1. The fourth-order valence-electron chi connectivity index (χ4n) is 2.16. The Morgan fingerprint density at radius 2 is 1.62 bits per heavy atom. The predicted molar refractivity (Wildman–Crippen MR) is 92.9 cm³/mol. The number of anilines is 1. The maximum Gasteiger partial charge on any atom is 0.296 e. The van der Waals surface area contributed by atoms with Crippen LogP contribution in [0, 0.1) is 6.92 Å². The number of benzene rings is 2. The van der Waals surface area contributed by atoms with E-state index in [-0.39, 0.29) is 0 Å². The van der Waals surface area contributed by atoms with Crippen LogP contribution in [0.15, 0.2) is 42.5 Å². The van der Waals surface area contributed by atoms with Gasteiger partial charge in [-0.3, -0.25) is 9.59 Å². The standard InChI is InChI=1S/C19H21NO4/c1-4-23-15-10-11-17(24-5-2)16(12-15)20-19(22)18(21)14-8-6-13(3)7-9-14/h6-12H,4-5H2,1-3H3,(H,20,22). The highest BCUT2D eigenvalue weighted by atomic mass is 16.5. The van der Waals surface area contributed by atoms with E-state index in [4.69, 9.17) is 9.47 Å². The molecule has 0 saturated heterocycles. The number of amides is 1. The predicted octanol–water partition coefficient (Wildman–Crippen LogP) is 3.61. The molecule has 0 unspecified atom stereocenters. The molecular weight excluding hydrogens is 306 g/mol. The summed E-state index contributed by atoms with van der Waals surface area (Å²) in [5, 5.41) is 2.61. The van der Waals surface area contributed by atoms with E-state index in [0.717, 1.165) is 5.56 Å². The molecule has 0 aliphatic carbocycles. The molecule has 0 aliphatic heterocycles. The van der Waals surface area contributed by atoms with Crippen molar-refractivity contribution in [3.8, 4) is 11.5 Å². The summed E-state index contributed by atoms with van der Waals surface area (Å²) in [4.78, 5) is 24.5. The topological polar surface area (TPSA) is 64.6 Å². The third-order valence-corrected chi connectivity index (χ3v) is 3.33. The van der Waals surface area contributed by atoms with Crippen LogP contribution in [-0.4, -0.2) is 24.9 Å². The molecule has 1 N–H and O–H groups in total. The second-order valence-electron chi connectivity index (χ2n) is 5.17. The van der Waals surface area contributed by atoms with Crippen molar-refractivity contribution >= 4 is 17.4 Å². The van der Waals surface area contributed by atoms with Gasteiger partial charge in [-0.05, 0) is 32.9 Å². The van der Waals surface area contributed by atoms with Gasteiger partial charge in [0.15, 0.2) is 0 Å². The van der Waals surface area contributed by atoms with E-state index in [1.54, 1.807) is 42.5 Å². The summed E-state index contributed by atoms with van der Waals surface area (Å²) >= 11 is 0. The number of ether oxygens (including phenoxy) is 2. The molecule has 0 saturated carbocycles. The fraction of sp³-hybridized carbons (Fsp3) is 0.263. The molecule has 126 valence electrons. The molecule has 0 radical (unpaired) electrons. The van der Waals surface area contributed by atoms with Gasteiger partial charge in [-0.15, -0.1) is 0 Å². The Balaban J connectivity index is 2.21. The van der Waals surface area contributed by atoms with E-state index < -0.39 is 11.7 Å². The van der Waals surface area contributed by atoms with Crippen LogP contribution in [0.3, 0.4) is 0 Å². The molecular formula is C19H21NO4. The lowest BCUT2D eigenvalue weighted by molar-refractivity contribution is -0.112. The summed E-state index contributed by atoms with van der Waals surface area (Å²) in [7, 11) is 0. The zero-order chi connectivity index (χ0) is 17.5. The number of carbonyl (C=O) groups is 2. The van der Waals surface area contributed by atoms with E-state index in [0.29, 0.717) is 36.0 Å². The Bertz CT molecular complexity index is 723. The van der Waals surface area contributed by atoms with Crippen molar-refractivity contribution in [1.29, 1.82) is 0 Å². The summed E-state index contributed by atoms with van der Waals surface area (Å²) in [6, 6.07) is 12.0. The number of ketones is 1. The van der Waals surface area contributed by atoms with Gasteiger partial charge in [0.1, 0.15) is 11.5 Å². The highest BCUT2D eigenvalue weighted by Gasteiger charge is 2.18. The third kappa shape index (κ3) is 4.35. The first kappa shape index (κ1) is 17.5. The monoisotopic (exact) mass is 327 g/mol. The van der Waals surface area contributed by atoms with Crippen molar-refractivity contribution < 1.29 is 19.1 Å². The Morgan fingerprint density at radius 1 is 0.958 bits per heavy atom. The number of hydrogen-bond acceptors (Lipinski definition) is 4. The Morgan fingerprint density at radius 3 is 2.25 bits per heavy atom. The van der Waals surface area contributed by atoms with Gasteiger partial charge in [0.25, 0.3) is 11.7 Å². The summed E-state index contributed by atoms with van der Waals surface area (Å²) in [6.07, 6.45) is 0. The van der Waals surface area contributed by atoms with Gasteiger partial charge in [0.05, 0.1) is 18.9 Å². The molecule has 1 amide bonds. The molecule has 2 aromatic carbocycles. The molecule has 5 heteroatoms. The Labute approximate surface area is 141 Å². The maximum atomic E-state index is 12.3. The summed E-state index contributed by atoms with van der Waals surface area (Å²) in [6.45, 7) is 6.59. The van der Waals surface area contributed by atoms with Gasteiger partial charge < -0.3 is 14.8 Å². The van der Waals surface area contributed by atoms with Crippen LogP contribution in [0.2, 0.25) is 0 Å². The summed E-state index contributed by atoms with van der Waals surface area (Å²) in [5.74, 6) is -0.224. The van der Waals surface area contributed by atoms with Crippen molar-refractivity contribution in [3.63, 3.8) is 0 Å². The van der Waals surface area contributed by atoms with Crippen LogP contribution < -0.4 is 14.8 Å². The highest BCUT2D eigenvalue weighted by Crippen LogP contribution is 2.29. The van der Waals surface area contributed by atoms with Crippen LogP contribution in [0.1, 0.15) is 29.8 Å². The molecule has 0 aromatic heterocycles. The average Bonchev–Trinajstić information content (AvgIpc) is 2.57. The first-order chi connectivity index (χ1) is 11.5. The van der Waals surface area contributed by atoms with Crippen molar-refractivity contribution in [2.24, 2.45) is 0 Å². The van der Waals surface area contributed by atoms with Crippen LogP contribution in [0.5, 0.6) is 11.5 Å². The lowest BCUT2D eigenvalue weighted by Crippen LogP contribution is -2.23. The van der Waals surface area contributed by atoms with Crippen molar-refractivity contribution in [3.05, 3.63) is 53.6 Å². The molecule has 0 spiro atoms. The number of aryl methyl sites for hydroxylation is 1. The number of hydrogen-bond donors (Lipinski definition) is 1.